The highest BCUT2D eigenvalue weighted by Gasteiger charge is 2.20. The van der Waals surface area contributed by atoms with Gasteiger partial charge in [0, 0.05) is 6.20 Å². The van der Waals surface area contributed by atoms with E-state index in [2.05, 4.69) is 4.98 Å². The van der Waals surface area contributed by atoms with Gasteiger partial charge < -0.3 is 5.11 Å². The first-order chi connectivity index (χ1) is 8.90. The molecule has 2 rings (SSSR count). The predicted octanol–water partition coefficient (Wildman–Crippen LogP) is 1.78. The molecule has 100 valence electrons. The molecule has 2 N–H and O–H groups in total. The second kappa shape index (κ2) is 4.94. The van der Waals surface area contributed by atoms with Gasteiger partial charge in [0.15, 0.2) is 5.82 Å². The van der Waals surface area contributed by atoms with Crippen molar-refractivity contribution in [1.82, 2.24) is 4.98 Å². The maximum absolute atomic E-state index is 13.3. The summed E-state index contributed by atoms with van der Waals surface area (Å²) >= 11 is 0.585. The summed E-state index contributed by atoms with van der Waals surface area (Å²) in [6, 6.07) is 3.48. The summed E-state index contributed by atoms with van der Waals surface area (Å²) in [7, 11) is -4.01. The first-order valence-corrected chi connectivity index (χ1v) is 7.15. The molecule has 2 aromatic rings. The summed E-state index contributed by atoms with van der Waals surface area (Å²) in [6.45, 7) is 0. The number of anilines is 1. The number of carbonyl (C=O) groups is 1. The van der Waals surface area contributed by atoms with Gasteiger partial charge in [0.25, 0.3) is 10.0 Å². The lowest BCUT2D eigenvalue weighted by Gasteiger charge is -2.06. The van der Waals surface area contributed by atoms with Gasteiger partial charge in [-0.1, -0.05) is 0 Å². The van der Waals surface area contributed by atoms with Crippen molar-refractivity contribution in [3.63, 3.8) is 0 Å². The van der Waals surface area contributed by atoms with Crippen LogP contribution in [0.2, 0.25) is 0 Å². The molecule has 6 nitrogen and oxygen atoms in total. The lowest BCUT2D eigenvalue weighted by atomic mass is 10.4. The second-order valence-corrected chi connectivity index (χ2v) is 6.38. The Morgan fingerprint density at radius 2 is 2.11 bits per heavy atom. The average molecular weight is 302 g/mol. The van der Waals surface area contributed by atoms with E-state index in [-0.39, 0.29) is 14.8 Å². The summed E-state index contributed by atoms with van der Waals surface area (Å²) in [6.07, 6.45) is 2.10. The molecule has 9 heteroatoms. The van der Waals surface area contributed by atoms with E-state index in [4.69, 9.17) is 5.11 Å². The quantitative estimate of drug-likeness (QED) is 0.897. The molecule has 2 aromatic heterocycles. The largest absolute Gasteiger partial charge is 0.477 e. The predicted molar refractivity (Wildman–Crippen MR) is 66.3 cm³/mol. The van der Waals surface area contributed by atoms with E-state index in [1.54, 1.807) is 0 Å². The fourth-order valence-electron chi connectivity index (χ4n) is 1.23. The number of aromatic nitrogens is 1. The van der Waals surface area contributed by atoms with Crippen LogP contribution in [0, 0.1) is 5.82 Å². The zero-order chi connectivity index (χ0) is 14.0. The lowest BCUT2D eigenvalue weighted by molar-refractivity contribution is 0.0702. The summed E-state index contributed by atoms with van der Waals surface area (Å²) in [5, 5.41) is 8.72. The minimum atomic E-state index is -4.01. The van der Waals surface area contributed by atoms with Crippen molar-refractivity contribution in [1.29, 1.82) is 0 Å². The van der Waals surface area contributed by atoms with Crippen molar-refractivity contribution < 1.29 is 22.7 Å². The molecule has 0 saturated carbocycles. The van der Waals surface area contributed by atoms with Crippen molar-refractivity contribution in [2.45, 2.75) is 4.21 Å². The molecule has 19 heavy (non-hydrogen) atoms. The number of hydrogen-bond donors (Lipinski definition) is 2. The van der Waals surface area contributed by atoms with E-state index in [9.17, 15) is 17.6 Å². The second-order valence-electron chi connectivity index (χ2n) is 3.38. The van der Waals surface area contributed by atoms with Gasteiger partial charge in [-0.3, -0.25) is 9.71 Å². The number of carboxylic acids is 1. The van der Waals surface area contributed by atoms with Crippen LogP contribution >= 0.6 is 11.3 Å². The molecular formula is C10H7FN2O4S2. The Kier molecular flexibility index (Phi) is 3.49. The molecule has 0 fully saturated rings. The molecule has 0 saturated heterocycles. The molecule has 0 aliphatic heterocycles. The van der Waals surface area contributed by atoms with Crippen molar-refractivity contribution >= 4 is 33.0 Å². The third kappa shape index (κ3) is 2.88. The van der Waals surface area contributed by atoms with Crippen LogP contribution in [0.15, 0.2) is 34.8 Å². The van der Waals surface area contributed by atoms with Gasteiger partial charge >= 0.3 is 5.97 Å². The van der Waals surface area contributed by atoms with Crippen LogP contribution < -0.4 is 4.72 Å². The monoisotopic (exact) mass is 302 g/mol. The molecule has 0 unspecified atom stereocenters. The van der Waals surface area contributed by atoms with Crippen LogP contribution in [-0.2, 0) is 10.0 Å². The standard InChI is InChI=1S/C10H7FN2O4S2/c11-6-5-12-4-3-7(6)13-19(16,17)9-2-1-8(18-9)10(14)15/h1-5H,(H,12,13)(H,14,15). The minimum Gasteiger partial charge on any atom is -0.477 e. The molecule has 0 atom stereocenters. The van der Waals surface area contributed by atoms with Crippen LogP contribution in [0.4, 0.5) is 10.1 Å². The lowest BCUT2D eigenvalue weighted by Crippen LogP contribution is -2.12. The normalized spacial score (nSPS) is 11.2. The van der Waals surface area contributed by atoms with Crippen molar-refractivity contribution in [2.75, 3.05) is 4.72 Å². The molecule has 0 amide bonds. The third-order valence-electron chi connectivity index (χ3n) is 2.07. The smallest absolute Gasteiger partial charge is 0.345 e. The van der Waals surface area contributed by atoms with Gasteiger partial charge in [-0.25, -0.2) is 17.6 Å². The van der Waals surface area contributed by atoms with Gasteiger partial charge in [0.05, 0.1) is 11.9 Å². The summed E-state index contributed by atoms with van der Waals surface area (Å²) in [5.41, 5.74) is -0.250. The van der Waals surface area contributed by atoms with Crippen LogP contribution in [-0.4, -0.2) is 24.5 Å². The molecule has 0 radical (unpaired) electrons. The van der Waals surface area contributed by atoms with Crippen LogP contribution in [0.25, 0.3) is 0 Å². The number of carboxylic acid groups (broad SMARTS) is 1. The van der Waals surface area contributed by atoms with Crippen molar-refractivity contribution in [3.05, 3.63) is 41.3 Å². The van der Waals surface area contributed by atoms with E-state index in [0.29, 0.717) is 11.3 Å². The molecule has 0 aliphatic carbocycles. The number of sulfonamides is 1. The maximum atomic E-state index is 13.3. The number of thiophene rings is 1. The van der Waals surface area contributed by atoms with E-state index < -0.39 is 21.8 Å². The molecule has 0 spiro atoms. The number of hydrogen-bond acceptors (Lipinski definition) is 5. The average Bonchev–Trinajstić information content (AvgIpc) is 2.82. The Labute approximate surface area is 111 Å². The first-order valence-electron chi connectivity index (χ1n) is 4.85. The number of aromatic carboxylic acids is 1. The van der Waals surface area contributed by atoms with E-state index >= 15 is 0 Å². The van der Waals surface area contributed by atoms with Crippen molar-refractivity contribution in [2.24, 2.45) is 0 Å². The van der Waals surface area contributed by atoms with Gasteiger partial charge in [-0.15, -0.1) is 11.3 Å². The fraction of sp³-hybridized carbons (Fsp3) is 0. The Morgan fingerprint density at radius 1 is 1.37 bits per heavy atom. The Morgan fingerprint density at radius 3 is 2.68 bits per heavy atom. The first kappa shape index (κ1) is 13.4. The SMILES string of the molecule is O=C(O)c1ccc(S(=O)(=O)Nc2ccncc2F)s1. The highest BCUT2D eigenvalue weighted by atomic mass is 32.2. The van der Waals surface area contributed by atoms with Gasteiger partial charge in [-0.05, 0) is 18.2 Å². The Balaban J connectivity index is 2.32. The number of rotatable bonds is 4. The van der Waals surface area contributed by atoms with E-state index in [0.717, 1.165) is 12.3 Å². The number of nitrogens with zero attached hydrogens (tertiary/aromatic N) is 1. The molecular weight excluding hydrogens is 295 g/mol. The molecule has 0 aliphatic rings. The fourth-order valence-corrected chi connectivity index (χ4v) is 3.44. The minimum absolute atomic E-state index is 0.115. The number of pyridine rings is 1. The zero-order valence-electron chi connectivity index (χ0n) is 9.20. The Hall–Kier alpha value is -2.00. The summed E-state index contributed by atoms with van der Waals surface area (Å²) in [4.78, 5) is 14.1. The number of halogens is 1. The third-order valence-corrected chi connectivity index (χ3v) is 5.00. The molecule has 2 heterocycles. The molecule has 0 aromatic carbocycles. The Bertz CT molecular complexity index is 727. The van der Waals surface area contributed by atoms with Crippen LogP contribution in [0.3, 0.4) is 0 Å². The van der Waals surface area contributed by atoms with Crippen LogP contribution in [0.1, 0.15) is 9.67 Å². The summed E-state index contributed by atoms with van der Waals surface area (Å²) < 4.78 is 38.9. The molecule has 0 bridgehead atoms. The van der Waals surface area contributed by atoms with Gasteiger partial charge in [0.1, 0.15) is 9.09 Å². The zero-order valence-corrected chi connectivity index (χ0v) is 10.8. The summed E-state index contributed by atoms with van der Waals surface area (Å²) in [5.74, 6) is -2.04. The highest BCUT2D eigenvalue weighted by molar-refractivity contribution is 7.94. The van der Waals surface area contributed by atoms with E-state index in [1.165, 1.54) is 18.3 Å². The maximum Gasteiger partial charge on any atom is 0.345 e. The highest BCUT2D eigenvalue weighted by Crippen LogP contribution is 2.24. The topological polar surface area (TPSA) is 96.4 Å². The van der Waals surface area contributed by atoms with Gasteiger partial charge in [-0.2, -0.15) is 0 Å². The number of nitrogens with one attached hydrogen (secondary N) is 1. The van der Waals surface area contributed by atoms with Gasteiger partial charge in [0.2, 0.25) is 0 Å². The van der Waals surface area contributed by atoms with E-state index in [1.807, 2.05) is 4.72 Å². The van der Waals surface area contributed by atoms with Crippen molar-refractivity contribution in [3.8, 4) is 0 Å². The van der Waals surface area contributed by atoms with Crippen LogP contribution in [0.5, 0.6) is 0 Å².